The monoisotopic (exact) mass is 369 g/mol. The van der Waals surface area contributed by atoms with Gasteiger partial charge in [0.05, 0.1) is 18.3 Å². The van der Waals surface area contributed by atoms with Gasteiger partial charge in [0, 0.05) is 30.2 Å². The number of thiazole rings is 1. The number of hydrogen-bond donors (Lipinski definition) is 1. The number of H-pyrrole nitrogens is 1. The molecule has 1 aliphatic heterocycles. The van der Waals surface area contributed by atoms with Gasteiger partial charge in [-0.1, -0.05) is 6.92 Å². The maximum absolute atomic E-state index is 12.7. The summed E-state index contributed by atoms with van der Waals surface area (Å²) in [5.41, 5.74) is 2.47. The average molecular weight is 369 g/mol. The second-order valence-corrected chi connectivity index (χ2v) is 7.81. The number of likely N-dealkylation sites (tertiary alicyclic amines) is 1. The van der Waals surface area contributed by atoms with Crippen LogP contribution in [0.2, 0.25) is 0 Å². The van der Waals surface area contributed by atoms with Gasteiger partial charge in [-0.3, -0.25) is 4.79 Å². The second-order valence-electron chi connectivity index (χ2n) is 6.69. The summed E-state index contributed by atoms with van der Waals surface area (Å²) < 4.78 is 5.37. The molecule has 5 nitrogen and oxygen atoms in total. The Morgan fingerprint density at radius 3 is 2.88 bits per heavy atom. The number of ether oxygens (including phenoxy) is 1. The summed E-state index contributed by atoms with van der Waals surface area (Å²) in [6, 6.07) is 6.14. The molecule has 2 aromatic heterocycles. The van der Waals surface area contributed by atoms with Crippen molar-refractivity contribution in [3.63, 3.8) is 0 Å². The fraction of sp³-hybridized carbons (Fsp3) is 0.400. The summed E-state index contributed by atoms with van der Waals surface area (Å²) in [5.74, 6) is 1.47. The summed E-state index contributed by atoms with van der Waals surface area (Å²) in [4.78, 5) is 23.1. The lowest BCUT2D eigenvalue weighted by molar-refractivity contribution is 0.0718. The Balaban J connectivity index is 1.47. The summed E-state index contributed by atoms with van der Waals surface area (Å²) in [6.07, 6.45) is 6.68. The number of fused-ring (bicyclic) bond motifs is 1. The van der Waals surface area contributed by atoms with E-state index in [1.54, 1.807) is 13.3 Å². The van der Waals surface area contributed by atoms with Crippen molar-refractivity contribution in [2.45, 2.75) is 32.1 Å². The Kier molecular flexibility index (Phi) is 4.68. The van der Waals surface area contributed by atoms with E-state index in [0.717, 1.165) is 53.5 Å². The van der Waals surface area contributed by atoms with Gasteiger partial charge in [-0.25, -0.2) is 4.98 Å². The van der Waals surface area contributed by atoms with Gasteiger partial charge in [-0.15, -0.1) is 11.3 Å². The van der Waals surface area contributed by atoms with Gasteiger partial charge in [0.1, 0.15) is 10.6 Å². The van der Waals surface area contributed by atoms with Gasteiger partial charge in [0.25, 0.3) is 5.91 Å². The molecule has 1 aromatic carbocycles. The van der Waals surface area contributed by atoms with Crippen LogP contribution >= 0.6 is 11.3 Å². The first-order chi connectivity index (χ1) is 12.7. The fourth-order valence-corrected chi connectivity index (χ4v) is 4.53. The molecule has 6 heteroatoms. The maximum Gasteiger partial charge on any atom is 0.265 e. The van der Waals surface area contributed by atoms with E-state index in [2.05, 4.69) is 35.2 Å². The van der Waals surface area contributed by atoms with Crippen molar-refractivity contribution in [1.29, 1.82) is 0 Å². The van der Waals surface area contributed by atoms with Crippen LogP contribution < -0.4 is 4.74 Å². The summed E-state index contributed by atoms with van der Waals surface area (Å²) >= 11 is 1.52. The quantitative estimate of drug-likeness (QED) is 0.749. The first kappa shape index (κ1) is 17.1. The third-order valence-electron chi connectivity index (χ3n) is 5.21. The number of aryl methyl sites for hydroxylation is 1. The molecule has 1 saturated heterocycles. The molecule has 1 fully saturated rings. The van der Waals surface area contributed by atoms with Crippen LogP contribution in [0.1, 0.15) is 45.9 Å². The number of aromatic nitrogens is 2. The molecule has 0 aliphatic carbocycles. The molecule has 0 bridgehead atoms. The zero-order valence-corrected chi connectivity index (χ0v) is 15.9. The van der Waals surface area contributed by atoms with Crippen molar-refractivity contribution in [3.05, 3.63) is 46.0 Å². The van der Waals surface area contributed by atoms with Gasteiger partial charge in [-0.05, 0) is 48.9 Å². The number of piperidine rings is 1. The van der Waals surface area contributed by atoms with Crippen LogP contribution in [0.3, 0.4) is 0 Å². The smallest absolute Gasteiger partial charge is 0.265 e. The highest BCUT2D eigenvalue weighted by Crippen LogP contribution is 2.35. The van der Waals surface area contributed by atoms with E-state index >= 15 is 0 Å². The molecule has 1 amide bonds. The minimum absolute atomic E-state index is 0.126. The Bertz CT molecular complexity index is 922. The van der Waals surface area contributed by atoms with E-state index < -0.39 is 0 Å². The van der Waals surface area contributed by atoms with E-state index in [9.17, 15) is 4.79 Å². The molecule has 0 radical (unpaired) electrons. The molecule has 1 aliphatic rings. The van der Waals surface area contributed by atoms with Gasteiger partial charge >= 0.3 is 0 Å². The topological polar surface area (TPSA) is 58.2 Å². The molecule has 26 heavy (non-hydrogen) atoms. The van der Waals surface area contributed by atoms with E-state index in [0.29, 0.717) is 5.92 Å². The first-order valence-electron chi connectivity index (χ1n) is 9.08. The zero-order valence-electron chi connectivity index (χ0n) is 15.1. The van der Waals surface area contributed by atoms with Crippen LogP contribution in [0.15, 0.2) is 30.6 Å². The number of amides is 1. The highest BCUT2D eigenvalue weighted by molar-refractivity contribution is 7.13. The number of rotatable bonds is 4. The predicted octanol–water partition coefficient (Wildman–Crippen LogP) is 4.22. The maximum atomic E-state index is 12.7. The van der Waals surface area contributed by atoms with Crippen molar-refractivity contribution >= 4 is 28.1 Å². The lowest BCUT2D eigenvalue weighted by Gasteiger charge is -2.31. The van der Waals surface area contributed by atoms with E-state index in [4.69, 9.17) is 4.74 Å². The molecule has 3 aromatic rings. The third kappa shape index (κ3) is 3.09. The van der Waals surface area contributed by atoms with Crippen LogP contribution in [-0.4, -0.2) is 41.0 Å². The molecular formula is C20H23N3O2S. The lowest BCUT2D eigenvalue weighted by Crippen LogP contribution is -2.37. The minimum Gasteiger partial charge on any atom is -0.497 e. The molecule has 0 atom stereocenters. The number of hydrogen-bond acceptors (Lipinski definition) is 4. The van der Waals surface area contributed by atoms with Gasteiger partial charge in [0.15, 0.2) is 0 Å². The largest absolute Gasteiger partial charge is 0.497 e. The summed E-state index contributed by atoms with van der Waals surface area (Å²) in [6.45, 7) is 3.65. The molecule has 1 N–H and O–H groups in total. The predicted molar refractivity (Wildman–Crippen MR) is 104 cm³/mol. The molecule has 3 heterocycles. The molecule has 0 saturated carbocycles. The lowest BCUT2D eigenvalue weighted by atomic mass is 9.89. The van der Waals surface area contributed by atoms with Gasteiger partial charge < -0.3 is 14.6 Å². The van der Waals surface area contributed by atoms with Gasteiger partial charge in [-0.2, -0.15) is 0 Å². The SMILES string of the molecule is CCc1ncc(C(=O)N2CCC(c3c[nH]c4ccc(OC)cc34)CC2)s1. The van der Waals surface area contributed by atoms with Crippen molar-refractivity contribution in [1.82, 2.24) is 14.9 Å². The highest BCUT2D eigenvalue weighted by Gasteiger charge is 2.27. The van der Waals surface area contributed by atoms with Crippen LogP contribution in [0, 0.1) is 0 Å². The summed E-state index contributed by atoms with van der Waals surface area (Å²) in [5, 5.41) is 2.25. The van der Waals surface area contributed by atoms with Crippen LogP contribution in [0.25, 0.3) is 10.9 Å². The Morgan fingerprint density at radius 2 is 2.19 bits per heavy atom. The Morgan fingerprint density at radius 1 is 1.38 bits per heavy atom. The average Bonchev–Trinajstić information content (AvgIpc) is 3.34. The fourth-order valence-electron chi connectivity index (χ4n) is 3.71. The third-order valence-corrected chi connectivity index (χ3v) is 6.34. The summed E-state index contributed by atoms with van der Waals surface area (Å²) in [7, 11) is 1.70. The Hall–Kier alpha value is -2.34. The molecule has 0 spiro atoms. The van der Waals surface area contributed by atoms with Crippen molar-refractivity contribution in [2.24, 2.45) is 0 Å². The number of nitrogens with one attached hydrogen (secondary N) is 1. The van der Waals surface area contributed by atoms with Crippen LogP contribution in [0.4, 0.5) is 0 Å². The standard InChI is InChI=1S/C20H23N3O2S/c1-3-19-22-12-18(26-19)20(24)23-8-6-13(7-9-23)16-11-21-17-5-4-14(25-2)10-15(16)17/h4-5,10-13,21H,3,6-9H2,1-2H3. The van der Waals surface area contributed by atoms with Crippen molar-refractivity contribution < 1.29 is 9.53 Å². The Labute approximate surface area is 157 Å². The van der Waals surface area contributed by atoms with E-state index in [-0.39, 0.29) is 5.91 Å². The molecular weight excluding hydrogens is 346 g/mol. The van der Waals surface area contributed by atoms with Crippen LogP contribution in [0.5, 0.6) is 5.75 Å². The van der Waals surface area contributed by atoms with Crippen molar-refractivity contribution in [2.75, 3.05) is 20.2 Å². The first-order valence-corrected chi connectivity index (χ1v) is 9.90. The second kappa shape index (κ2) is 7.11. The van der Waals surface area contributed by atoms with Gasteiger partial charge in [0.2, 0.25) is 0 Å². The molecule has 0 unspecified atom stereocenters. The number of benzene rings is 1. The number of aromatic amines is 1. The van der Waals surface area contributed by atoms with Crippen LogP contribution in [-0.2, 0) is 6.42 Å². The zero-order chi connectivity index (χ0) is 18.1. The molecule has 4 rings (SSSR count). The highest BCUT2D eigenvalue weighted by atomic mass is 32.1. The number of carbonyl (C=O) groups excluding carboxylic acids is 1. The number of methoxy groups -OCH3 is 1. The molecule has 136 valence electrons. The van der Waals surface area contributed by atoms with Crippen molar-refractivity contribution in [3.8, 4) is 5.75 Å². The van der Waals surface area contributed by atoms with E-state index in [1.165, 1.54) is 22.3 Å². The normalized spacial score (nSPS) is 15.5. The minimum atomic E-state index is 0.126. The number of nitrogens with zero attached hydrogens (tertiary/aromatic N) is 2. The van der Waals surface area contributed by atoms with E-state index in [1.807, 2.05) is 11.0 Å². The number of carbonyl (C=O) groups is 1.